The van der Waals surface area contributed by atoms with E-state index in [0.717, 1.165) is 72.3 Å². The van der Waals surface area contributed by atoms with Crippen molar-refractivity contribution >= 4 is 17.1 Å². The highest BCUT2D eigenvalue weighted by molar-refractivity contribution is 5.93. The van der Waals surface area contributed by atoms with E-state index in [1.165, 1.54) is 11.1 Å². The number of H-pyrrole nitrogens is 1. The van der Waals surface area contributed by atoms with Gasteiger partial charge in [-0.1, -0.05) is 36.7 Å². The van der Waals surface area contributed by atoms with Crippen LogP contribution in [0.3, 0.4) is 0 Å². The first-order chi connectivity index (χ1) is 18.5. The fraction of sp³-hybridized carbons (Fsp3) is 0.345. The van der Waals surface area contributed by atoms with Gasteiger partial charge in [0.25, 0.3) is 5.91 Å². The van der Waals surface area contributed by atoms with Crippen LogP contribution in [0.25, 0.3) is 33.7 Å². The van der Waals surface area contributed by atoms with Crippen LogP contribution < -0.4 is 5.32 Å². The van der Waals surface area contributed by atoms with E-state index < -0.39 is 0 Å². The summed E-state index contributed by atoms with van der Waals surface area (Å²) in [6.45, 7) is 2.15. The SMILES string of the molecule is Cn1cc(-c2nc3nccc(-c4ccc5c(c4)CCCCC5NC(=O)c4cc(C5(C)CC5)on4)c3[nH]2)cn1. The molecule has 1 amide bonds. The molecule has 2 aliphatic rings. The molecule has 0 saturated heterocycles. The third kappa shape index (κ3) is 3.98. The van der Waals surface area contributed by atoms with E-state index in [-0.39, 0.29) is 17.4 Å². The highest BCUT2D eigenvalue weighted by Crippen LogP contribution is 2.47. The maximum absolute atomic E-state index is 13.1. The molecule has 2 N–H and O–H groups in total. The minimum absolute atomic E-state index is 0.0443. The van der Waals surface area contributed by atoms with Crippen LogP contribution in [0.5, 0.6) is 0 Å². The first kappa shape index (κ1) is 22.9. The van der Waals surface area contributed by atoms with E-state index in [2.05, 4.69) is 50.7 Å². The van der Waals surface area contributed by atoms with Crippen LogP contribution in [0.15, 0.2) is 53.4 Å². The molecule has 9 nitrogen and oxygen atoms in total. The average molecular weight is 508 g/mol. The molecule has 2 aliphatic carbocycles. The molecule has 7 rings (SSSR count). The predicted molar refractivity (Wildman–Crippen MR) is 142 cm³/mol. The zero-order valence-electron chi connectivity index (χ0n) is 21.5. The van der Waals surface area contributed by atoms with Gasteiger partial charge in [-0.3, -0.25) is 9.48 Å². The quantitative estimate of drug-likeness (QED) is 0.314. The number of pyridine rings is 1. The summed E-state index contributed by atoms with van der Waals surface area (Å²) >= 11 is 0. The van der Waals surface area contributed by atoms with Gasteiger partial charge in [0.2, 0.25) is 0 Å². The van der Waals surface area contributed by atoms with Gasteiger partial charge in [0.05, 0.1) is 23.3 Å². The Morgan fingerprint density at radius 3 is 2.89 bits per heavy atom. The van der Waals surface area contributed by atoms with Crippen LogP contribution in [0.1, 0.15) is 72.4 Å². The fourth-order valence-electron chi connectivity index (χ4n) is 5.46. The standard InChI is InChI=1S/C29H29N7O2/c1-29(10-11-29)24-14-23(35-38-24)28(37)32-22-6-4-3-5-17-13-18(7-8-20(17)22)21-9-12-30-27-25(21)33-26(34-27)19-15-31-36(2)16-19/h7-9,12-16,22H,3-6,10-11H2,1-2H3,(H,32,37)(H,30,33,34). The van der Waals surface area contributed by atoms with Gasteiger partial charge in [-0.05, 0) is 54.9 Å². The van der Waals surface area contributed by atoms with Crippen molar-refractivity contribution in [1.29, 1.82) is 0 Å². The Kier molecular flexibility index (Phi) is 5.21. The van der Waals surface area contributed by atoms with Crippen molar-refractivity contribution in [3.05, 3.63) is 71.5 Å². The normalized spacial score (nSPS) is 18.2. The van der Waals surface area contributed by atoms with E-state index in [1.54, 1.807) is 17.1 Å². The summed E-state index contributed by atoms with van der Waals surface area (Å²) in [4.78, 5) is 25.7. The van der Waals surface area contributed by atoms with Crippen molar-refractivity contribution < 1.29 is 9.32 Å². The van der Waals surface area contributed by atoms with Crippen LogP contribution in [-0.2, 0) is 18.9 Å². The second-order valence-corrected chi connectivity index (χ2v) is 10.9. The summed E-state index contributed by atoms with van der Waals surface area (Å²) in [7, 11) is 1.89. The summed E-state index contributed by atoms with van der Waals surface area (Å²) in [5.41, 5.74) is 7.47. The molecule has 1 fully saturated rings. The fourth-order valence-corrected chi connectivity index (χ4v) is 5.46. The molecule has 0 radical (unpaired) electrons. The Labute approximate surface area is 219 Å². The van der Waals surface area contributed by atoms with Gasteiger partial charge >= 0.3 is 0 Å². The number of nitrogens with one attached hydrogen (secondary N) is 2. The van der Waals surface area contributed by atoms with Crippen LogP contribution in [-0.4, -0.2) is 35.8 Å². The second-order valence-electron chi connectivity index (χ2n) is 10.9. The van der Waals surface area contributed by atoms with Crippen LogP contribution >= 0.6 is 0 Å². The van der Waals surface area contributed by atoms with Gasteiger partial charge in [-0.2, -0.15) is 5.10 Å². The Balaban J connectivity index is 1.19. The lowest BCUT2D eigenvalue weighted by atomic mass is 9.94. The van der Waals surface area contributed by atoms with Crippen molar-refractivity contribution in [2.24, 2.45) is 7.05 Å². The monoisotopic (exact) mass is 507 g/mol. The number of amides is 1. The highest BCUT2D eigenvalue weighted by atomic mass is 16.5. The van der Waals surface area contributed by atoms with Crippen molar-refractivity contribution in [2.75, 3.05) is 0 Å². The topological polar surface area (TPSA) is 115 Å². The molecule has 5 aromatic rings. The number of hydrogen-bond acceptors (Lipinski definition) is 6. The van der Waals surface area contributed by atoms with Crippen LogP contribution in [0, 0.1) is 0 Å². The van der Waals surface area contributed by atoms with Crippen molar-refractivity contribution in [3.8, 4) is 22.5 Å². The molecular formula is C29H29N7O2. The number of imidazole rings is 1. The molecular weight excluding hydrogens is 478 g/mol. The molecule has 1 unspecified atom stereocenters. The summed E-state index contributed by atoms with van der Waals surface area (Å²) in [6.07, 6.45) is 11.7. The van der Waals surface area contributed by atoms with Gasteiger partial charge in [0.15, 0.2) is 11.3 Å². The lowest BCUT2D eigenvalue weighted by Gasteiger charge is -2.19. The highest BCUT2D eigenvalue weighted by Gasteiger charge is 2.43. The Hall–Kier alpha value is -4.27. The number of aryl methyl sites for hydroxylation is 2. The summed E-state index contributed by atoms with van der Waals surface area (Å²) in [5.74, 6) is 1.38. The van der Waals surface area contributed by atoms with Crippen molar-refractivity contribution in [1.82, 2.24) is 35.2 Å². The van der Waals surface area contributed by atoms with E-state index in [4.69, 9.17) is 9.51 Å². The molecule has 0 aliphatic heterocycles. The number of hydrogen-bond donors (Lipinski definition) is 2. The lowest BCUT2D eigenvalue weighted by molar-refractivity contribution is 0.0925. The summed E-state index contributed by atoms with van der Waals surface area (Å²) < 4.78 is 7.26. The molecule has 1 atom stereocenters. The Morgan fingerprint density at radius 2 is 2.08 bits per heavy atom. The number of nitrogens with zero attached hydrogens (tertiary/aromatic N) is 5. The van der Waals surface area contributed by atoms with Crippen LogP contribution in [0.2, 0.25) is 0 Å². The Bertz CT molecular complexity index is 1670. The number of aromatic nitrogens is 6. The number of fused-ring (bicyclic) bond motifs is 2. The van der Waals surface area contributed by atoms with Crippen LogP contribution in [0.4, 0.5) is 0 Å². The number of aromatic amines is 1. The molecule has 4 heterocycles. The largest absolute Gasteiger partial charge is 0.360 e. The first-order valence-corrected chi connectivity index (χ1v) is 13.2. The number of benzene rings is 1. The maximum atomic E-state index is 13.1. The minimum Gasteiger partial charge on any atom is -0.360 e. The maximum Gasteiger partial charge on any atom is 0.273 e. The zero-order valence-corrected chi connectivity index (χ0v) is 21.5. The second kappa shape index (κ2) is 8.65. The minimum atomic E-state index is -0.178. The molecule has 192 valence electrons. The molecule has 38 heavy (non-hydrogen) atoms. The van der Waals surface area contributed by atoms with Gasteiger partial charge < -0.3 is 14.8 Å². The smallest absolute Gasteiger partial charge is 0.273 e. The molecule has 4 aromatic heterocycles. The molecule has 0 bridgehead atoms. The number of rotatable bonds is 5. The lowest BCUT2D eigenvalue weighted by Crippen LogP contribution is -2.29. The van der Waals surface area contributed by atoms with E-state index in [1.807, 2.05) is 25.4 Å². The van der Waals surface area contributed by atoms with Crippen molar-refractivity contribution in [2.45, 2.75) is 56.9 Å². The number of carbonyl (C=O) groups excluding carboxylic acids is 1. The average Bonchev–Trinajstić information content (AvgIpc) is 3.28. The molecule has 1 saturated carbocycles. The van der Waals surface area contributed by atoms with E-state index >= 15 is 0 Å². The third-order valence-electron chi connectivity index (χ3n) is 8.03. The van der Waals surface area contributed by atoms with Gasteiger partial charge in [-0.25, -0.2) is 9.97 Å². The first-order valence-electron chi connectivity index (χ1n) is 13.2. The van der Waals surface area contributed by atoms with Gasteiger partial charge in [0.1, 0.15) is 11.6 Å². The van der Waals surface area contributed by atoms with E-state index in [9.17, 15) is 4.79 Å². The molecule has 1 aromatic carbocycles. The van der Waals surface area contributed by atoms with Gasteiger partial charge in [0, 0.05) is 36.5 Å². The molecule has 0 spiro atoms. The molecule has 9 heteroatoms. The predicted octanol–water partition coefficient (Wildman–Crippen LogP) is 5.26. The summed E-state index contributed by atoms with van der Waals surface area (Å²) in [5, 5.41) is 11.6. The summed E-state index contributed by atoms with van der Waals surface area (Å²) in [6, 6.07) is 10.3. The Morgan fingerprint density at radius 1 is 1.18 bits per heavy atom. The van der Waals surface area contributed by atoms with E-state index in [0.29, 0.717) is 11.3 Å². The van der Waals surface area contributed by atoms with Crippen molar-refractivity contribution in [3.63, 3.8) is 0 Å². The number of carbonyl (C=O) groups is 1. The third-order valence-corrected chi connectivity index (χ3v) is 8.03. The zero-order chi connectivity index (χ0) is 25.9. The van der Waals surface area contributed by atoms with Gasteiger partial charge in [-0.15, -0.1) is 0 Å².